The Hall–Kier alpha value is -1.95. The molecular formula is C15H18FN3O2. The molecule has 5 nitrogen and oxygen atoms in total. The van der Waals surface area contributed by atoms with E-state index in [0.717, 1.165) is 6.42 Å². The third-order valence-electron chi connectivity index (χ3n) is 3.96. The maximum Gasteiger partial charge on any atom is 0.257 e. The molecule has 21 heavy (non-hydrogen) atoms. The number of carbonyl (C=O) groups excluding carboxylic acids is 2. The Morgan fingerprint density at radius 2 is 2.10 bits per heavy atom. The molecule has 0 aromatic heterocycles. The van der Waals surface area contributed by atoms with Crippen LogP contribution in [0.15, 0.2) is 18.2 Å². The van der Waals surface area contributed by atoms with Crippen molar-refractivity contribution in [3.8, 4) is 0 Å². The maximum atomic E-state index is 13.9. The van der Waals surface area contributed by atoms with E-state index in [1.165, 1.54) is 17.0 Å². The van der Waals surface area contributed by atoms with Gasteiger partial charge in [-0.1, -0.05) is 0 Å². The Morgan fingerprint density at radius 3 is 2.67 bits per heavy atom. The number of rotatable bonds is 2. The van der Waals surface area contributed by atoms with E-state index in [0.29, 0.717) is 31.7 Å². The van der Waals surface area contributed by atoms with Crippen LogP contribution >= 0.6 is 0 Å². The summed E-state index contributed by atoms with van der Waals surface area (Å²) >= 11 is 0. The van der Waals surface area contributed by atoms with Gasteiger partial charge in [-0.25, -0.2) is 4.39 Å². The van der Waals surface area contributed by atoms with Crippen LogP contribution in [0.5, 0.6) is 0 Å². The van der Waals surface area contributed by atoms with E-state index >= 15 is 0 Å². The van der Waals surface area contributed by atoms with E-state index in [9.17, 15) is 14.0 Å². The number of nitrogens with two attached hydrogens (primary N) is 1. The smallest absolute Gasteiger partial charge is 0.257 e. The van der Waals surface area contributed by atoms with Crippen LogP contribution in [0.3, 0.4) is 0 Å². The second-order valence-electron chi connectivity index (χ2n) is 6.13. The van der Waals surface area contributed by atoms with Gasteiger partial charge < -0.3 is 15.5 Å². The zero-order chi connectivity index (χ0) is 15.2. The molecule has 2 aliphatic rings. The largest absolute Gasteiger partial charge is 0.335 e. The molecule has 2 fully saturated rings. The molecule has 2 heterocycles. The molecule has 1 aromatic carbocycles. The van der Waals surface area contributed by atoms with E-state index in [1.807, 2.05) is 6.92 Å². The lowest BCUT2D eigenvalue weighted by Gasteiger charge is -2.45. The van der Waals surface area contributed by atoms with Crippen molar-refractivity contribution >= 4 is 17.5 Å². The van der Waals surface area contributed by atoms with Crippen molar-refractivity contribution in [2.75, 3.05) is 24.5 Å². The number of carbonyl (C=O) groups is 2. The molecule has 1 aromatic rings. The number of hydrogen-bond acceptors (Lipinski definition) is 3. The number of nitrogens with zero attached hydrogens (tertiary/aromatic N) is 2. The van der Waals surface area contributed by atoms with Gasteiger partial charge in [0.05, 0.1) is 5.56 Å². The van der Waals surface area contributed by atoms with Crippen molar-refractivity contribution < 1.29 is 14.0 Å². The number of likely N-dealkylation sites (tertiary alicyclic amines) is 1. The van der Waals surface area contributed by atoms with Gasteiger partial charge in [0, 0.05) is 37.3 Å². The summed E-state index contributed by atoms with van der Waals surface area (Å²) in [7, 11) is 0. The molecule has 0 bridgehead atoms. The van der Waals surface area contributed by atoms with Crippen molar-refractivity contribution in [3.05, 3.63) is 29.6 Å². The zero-order valence-electron chi connectivity index (χ0n) is 11.9. The van der Waals surface area contributed by atoms with Crippen molar-refractivity contribution in [3.63, 3.8) is 0 Å². The Labute approximate surface area is 122 Å². The summed E-state index contributed by atoms with van der Waals surface area (Å²) in [4.78, 5) is 27.2. The molecule has 0 aliphatic carbocycles. The Kier molecular flexibility index (Phi) is 3.20. The summed E-state index contributed by atoms with van der Waals surface area (Å²) in [5.74, 6) is -0.927. The molecule has 0 unspecified atom stereocenters. The summed E-state index contributed by atoms with van der Waals surface area (Å²) in [6.07, 6.45) is 1.29. The van der Waals surface area contributed by atoms with Crippen LogP contribution in [-0.4, -0.2) is 41.9 Å². The molecule has 2 saturated heterocycles. The maximum absolute atomic E-state index is 13.9. The minimum Gasteiger partial charge on any atom is -0.335 e. The average Bonchev–Trinajstić information content (AvgIpc) is 2.82. The lowest BCUT2D eigenvalue weighted by atomic mass is 9.93. The average molecular weight is 291 g/mol. The van der Waals surface area contributed by atoms with E-state index in [1.54, 1.807) is 11.0 Å². The van der Waals surface area contributed by atoms with Gasteiger partial charge in [0.15, 0.2) is 0 Å². The molecule has 3 rings (SSSR count). The van der Waals surface area contributed by atoms with Gasteiger partial charge in [0.25, 0.3) is 5.91 Å². The van der Waals surface area contributed by atoms with E-state index in [4.69, 9.17) is 5.73 Å². The van der Waals surface area contributed by atoms with Gasteiger partial charge in [0.1, 0.15) is 5.82 Å². The molecule has 2 N–H and O–H groups in total. The first-order valence-electron chi connectivity index (χ1n) is 7.05. The van der Waals surface area contributed by atoms with Gasteiger partial charge in [-0.05, 0) is 31.5 Å². The summed E-state index contributed by atoms with van der Waals surface area (Å²) in [5.41, 5.74) is 6.06. The van der Waals surface area contributed by atoms with Gasteiger partial charge in [-0.15, -0.1) is 0 Å². The highest BCUT2D eigenvalue weighted by Crippen LogP contribution is 2.26. The molecule has 6 heteroatoms. The molecule has 0 spiro atoms. The van der Waals surface area contributed by atoms with Gasteiger partial charge >= 0.3 is 0 Å². The van der Waals surface area contributed by atoms with Crippen molar-refractivity contribution in [1.82, 2.24) is 4.90 Å². The first-order valence-corrected chi connectivity index (χ1v) is 7.05. The number of benzene rings is 1. The third-order valence-corrected chi connectivity index (χ3v) is 3.96. The van der Waals surface area contributed by atoms with Crippen LogP contribution in [0.2, 0.25) is 0 Å². The molecular weight excluding hydrogens is 273 g/mol. The van der Waals surface area contributed by atoms with E-state index < -0.39 is 11.4 Å². The van der Waals surface area contributed by atoms with Gasteiger partial charge in [-0.3, -0.25) is 9.59 Å². The summed E-state index contributed by atoms with van der Waals surface area (Å²) in [6, 6.07) is 4.25. The van der Waals surface area contributed by atoms with Gasteiger partial charge in [-0.2, -0.15) is 0 Å². The highest BCUT2D eigenvalue weighted by Gasteiger charge is 2.39. The van der Waals surface area contributed by atoms with Crippen molar-refractivity contribution in [2.45, 2.75) is 25.3 Å². The third kappa shape index (κ3) is 2.51. The van der Waals surface area contributed by atoms with Gasteiger partial charge in [0.2, 0.25) is 5.91 Å². The second kappa shape index (κ2) is 4.80. The fourth-order valence-corrected chi connectivity index (χ4v) is 2.91. The van der Waals surface area contributed by atoms with Crippen molar-refractivity contribution in [1.29, 1.82) is 0 Å². The fraction of sp³-hybridized carbons (Fsp3) is 0.467. The normalized spacial score (nSPS) is 20.6. The highest BCUT2D eigenvalue weighted by atomic mass is 19.1. The number of halogens is 1. The Morgan fingerprint density at radius 1 is 1.38 bits per heavy atom. The first kappa shape index (κ1) is 14.0. The predicted molar refractivity (Wildman–Crippen MR) is 76.5 cm³/mol. The minimum atomic E-state index is -0.568. The summed E-state index contributed by atoms with van der Waals surface area (Å²) in [5, 5.41) is 0. The van der Waals surface area contributed by atoms with Crippen molar-refractivity contribution in [2.24, 2.45) is 5.73 Å². The standard InChI is InChI=1S/C15H18FN3O2/c1-15(17)8-18(9-15)14(21)11-7-10(4-5-12(11)16)19-6-2-3-13(19)20/h4-5,7H,2-3,6,8-9,17H2,1H3. The lowest BCUT2D eigenvalue weighted by molar-refractivity contribution is -0.117. The predicted octanol–water partition coefficient (Wildman–Crippen LogP) is 1.13. The van der Waals surface area contributed by atoms with Crippen LogP contribution in [0.4, 0.5) is 10.1 Å². The zero-order valence-corrected chi connectivity index (χ0v) is 11.9. The highest BCUT2D eigenvalue weighted by molar-refractivity contribution is 5.99. The molecule has 0 radical (unpaired) electrons. The SMILES string of the molecule is CC1(N)CN(C(=O)c2cc(N3CCCC3=O)ccc2F)C1. The number of amides is 2. The lowest BCUT2D eigenvalue weighted by Crippen LogP contribution is -2.66. The van der Waals surface area contributed by atoms with Crippen LogP contribution in [-0.2, 0) is 4.79 Å². The van der Waals surface area contributed by atoms with Crippen LogP contribution in [0, 0.1) is 5.82 Å². The first-order chi connectivity index (χ1) is 9.87. The molecule has 112 valence electrons. The topological polar surface area (TPSA) is 66.6 Å². The minimum absolute atomic E-state index is 0.00250. The fourth-order valence-electron chi connectivity index (χ4n) is 2.91. The monoisotopic (exact) mass is 291 g/mol. The quantitative estimate of drug-likeness (QED) is 0.888. The number of anilines is 1. The Balaban J connectivity index is 1.85. The second-order valence-corrected chi connectivity index (χ2v) is 6.13. The van der Waals surface area contributed by atoms with E-state index in [-0.39, 0.29) is 17.4 Å². The summed E-state index contributed by atoms with van der Waals surface area (Å²) < 4.78 is 13.9. The van der Waals surface area contributed by atoms with E-state index in [2.05, 4.69) is 0 Å². The molecule has 2 aliphatic heterocycles. The Bertz CT molecular complexity index is 607. The van der Waals surface area contributed by atoms with Crippen LogP contribution < -0.4 is 10.6 Å². The summed E-state index contributed by atoms with van der Waals surface area (Å²) in [6.45, 7) is 3.30. The number of hydrogen-bond donors (Lipinski definition) is 1. The van der Waals surface area contributed by atoms with Crippen LogP contribution in [0.1, 0.15) is 30.1 Å². The molecule has 2 amide bonds. The molecule has 0 saturated carbocycles. The van der Waals surface area contributed by atoms with Crippen LogP contribution in [0.25, 0.3) is 0 Å². The molecule has 0 atom stereocenters.